The van der Waals surface area contributed by atoms with Gasteiger partial charge in [0.15, 0.2) is 0 Å². The number of amides is 2. The van der Waals surface area contributed by atoms with E-state index in [0.29, 0.717) is 28.5 Å². The second-order valence-corrected chi connectivity index (χ2v) is 12.7. The highest BCUT2D eigenvalue weighted by atomic mass is 32.2. The normalized spacial score (nSPS) is 14.8. The predicted octanol–water partition coefficient (Wildman–Crippen LogP) is 2.60. The molecule has 1 fully saturated rings. The van der Waals surface area contributed by atoms with Gasteiger partial charge in [0.25, 0.3) is 15.8 Å². The summed E-state index contributed by atoms with van der Waals surface area (Å²) < 4.78 is 32.8. The predicted molar refractivity (Wildman–Crippen MR) is 145 cm³/mol. The van der Waals surface area contributed by atoms with Crippen molar-refractivity contribution < 1.29 is 37.4 Å². The molecule has 216 valence electrons. The molecule has 1 aliphatic carbocycles. The summed E-state index contributed by atoms with van der Waals surface area (Å²) >= 11 is 0. The molecule has 0 N–H and O–H groups in total. The van der Waals surface area contributed by atoms with Crippen LogP contribution in [0.15, 0.2) is 59.5 Å². The van der Waals surface area contributed by atoms with Crippen LogP contribution in [0.1, 0.15) is 52.0 Å². The number of methoxy groups -OCH3 is 1. The lowest BCUT2D eigenvalue weighted by Crippen LogP contribution is -2.61. The number of carbonyl (C=O) groups is 4. The molecule has 0 unspecified atom stereocenters. The van der Waals surface area contributed by atoms with E-state index in [1.807, 2.05) is 0 Å². The molecule has 40 heavy (non-hydrogen) atoms. The van der Waals surface area contributed by atoms with Crippen LogP contribution in [0.3, 0.4) is 0 Å². The first-order chi connectivity index (χ1) is 18.8. The Morgan fingerprint density at radius 2 is 1.55 bits per heavy atom. The third-order valence-corrected chi connectivity index (χ3v) is 8.76. The van der Waals surface area contributed by atoms with Crippen LogP contribution in [0.4, 0.5) is 4.79 Å². The van der Waals surface area contributed by atoms with Gasteiger partial charge in [-0.2, -0.15) is 0 Å². The molecule has 0 saturated heterocycles. The topological polar surface area (TPSA) is 141 Å². The first-order valence-corrected chi connectivity index (χ1v) is 14.5. The molecule has 3 rings (SSSR count). The average Bonchev–Trinajstić information content (AvgIpc) is 3.43. The fourth-order valence-electron chi connectivity index (χ4n) is 4.97. The molecule has 2 aromatic rings. The lowest BCUT2D eigenvalue weighted by molar-refractivity contribution is -0.273. The highest BCUT2D eigenvalue weighted by molar-refractivity contribution is 7.89. The van der Waals surface area contributed by atoms with E-state index in [2.05, 4.69) is 0 Å². The maximum atomic E-state index is 13.6. The second-order valence-electron chi connectivity index (χ2n) is 10.9. The highest BCUT2D eigenvalue weighted by Gasteiger charge is 2.43. The summed E-state index contributed by atoms with van der Waals surface area (Å²) in [5.74, 6) is -4.22. The number of benzene rings is 2. The number of carboxylic acid groups (broad SMARTS) is 1. The highest BCUT2D eigenvalue weighted by Crippen LogP contribution is 2.29. The van der Waals surface area contributed by atoms with E-state index in [-0.39, 0.29) is 23.8 Å². The summed E-state index contributed by atoms with van der Waals surface area (Å²) in [4.78, 5) is 53.3. The number of Topliss-reactive ketones (excluding diaryl/α,β-unsaturated/α-hetero) is 2. The zero-order chi connectivity index (χ0) is 29.7. The van der Waals surface area contributed by atoms with Gasteiger partial charge in [-0.3, -0.25) is 14.4 Å². The summed E-state index contributed by atoms with van der Waals surface area (Å²) in [6.45, 7) is 4.32. The number of ether oxygens (including phenoxy) is 1. The Hall–Kier alpha value is -3.73. The molecule has 2 amide bonds. The van der Waals surface area contributed by atoms with Gasteiger partial charge in [-0.15, -0.1) is 0 Å². The minimum absolute atomic E-state index is 0.172. The van der Waals surface area contributed by atoms with Crippen molar-refractivity contribution in [2.24, 2.45) is 5.92 Å². The van der Waals surface area contributed by atoms with Crippen molar-refractivity contribution in [3.8, 4) is 5.75 Å². The minimum Gasteiger partial charge on any atom is -0.530 e. The zero-order valence-corrected chi connectivity index (χ0v) is 24.0. The monoisotopic (exact) mass is 571 g/mol. The Balaban J connectivity index is 2.02. The molecule has 1 saturated carbocycles. The van der Waals surface area contributed by atoms with Crippen molar-refractivity contribution in [1.29, 1.82) is 0 Å². The fourth-order valence-corrected chi connectivity index (χ4v) is 6.41. The molecule has 0 radical (unpaired) electrons. The fraction of sp³-hybridized carbons (Fsp3) is 0.448. The van der Waals surface area contributed by atoms with Crippen LogP contribution in [-0.4, -0.2) is 66.4 Å². The number of carbonyl (C=O) groups excluding carboxylic acids is 4. The van der Waals surface area contributed by atoms with E-state index in [4.69, 9.17) is 4.74 Å². The van der Waals surface area contributed by atoms with Gasteiger partial charge < -0.3 is 19.5 Å². The van der Waals surface area contributed by atoms with Crippen molar-refractivity contribution in [3.05, 3.63) is 60.2 Å². The Kier molecular flexibility index (Phi) is 9.73. The molecular formula is C29H35N2O8S-. The van der Waals surface area contributed by atoms with Gasteiger partial charge in [-0.25, -0.2) is 12.7 Å². The maximum Gasteiger partial charge on any atom is 0.311 e. The standard InChI is InChI=1S/C29H36N2O8S/c1-29(2,3)31(28(35)36)24(18-20-10-6-5-7-11-20)25(32)26(33)27(34)30(19-21-12-8-9-13-21)40(37,38)23-16-14-22(39-4)15-17-23/h5-7,10-11,14-17,21,24H,8-9,12-13,18-19H2,1-4H3,(H,35,36)/p-1/t24-/m1/s1. The number of ketones is 2. The maximum absolute atomic E-state index is 13.6. The molecule has 0 aromatic heterocycles. The van der Waals surface area contributed by atoms with Crippen molar-refractivity contribution in [2.45, 2.75) is 69.4 Å². The third kappa shape index (κ3) is 7.07. The van der Waals surface area contributed by atoms with Gasteiger partial charge in [0.1, 0.15) is 17.9 Å². The largest absolute Gasteiger partial charge is 0.530 e. The molecular weight excluding hydrogens is 536 g/mol. The van der Waals surface area contributed by atoms with Crippen LogP contribution in [0.5, 0.6) is 5.75 Å². The van der Waals surface area contributed by atoms with Gasteiger partial charge in [-0.1, -0.05) is 43.2 Å². The molecule has 2 aromatic carbocycles. The lowest BCUT2D eigenvalue weighted by atomic mass is 9.93. The number of hydrogen-bond acceptors (Lipinski definition) is 8. The zero-order valence-electron chi connectivity index (χ0n) is 23.2. The molecule has 1 atom stereocenters. The van der Waals surface area contributed by atoms with Crippen molar-refractivity contribution in [2.75, 3.05) is 13.7 Å². The van der Waals surface area contributed by atoms with Crippen LogP contribution < -0.4 is 9.84 Å². The van der Waals surface area contributed by atoms with Crippen molar-refractivity contribution >= 4 is 33.6 Å². The average molecular weight is 572 g/mol. The second kappa shape index (κ2) is 12.6. The minimum atomic E-state index is -4.53. The first-order valence-electron chi connectivity index (χ1n) is 13.1. The Morgan fingerprint density at radius 3 is 2.05 bits per heavy atom. The lowest BCUT2D eigenvalue weighted by Gasteiger charge is -2.42. The van der Waals surface area contributed by atoms with Crippen LogP contribution in [0, 0.1) is 5.92 Å². The Labute approximate surface area is 235 Å². The third-order valence-electron chi connectivity index (χ3n) is 7.00. The first kappa shape index (κ1) is 30.8. The van der Waals surface area contributed by atoms with E-state index in [1.54, 1.807) is 30.3 Å². The Bertz CT molecular complexity index is 1330. The summed E-state index contributed by atoms with van der Waals surface area (Å²) in [7, 11) is -3.11. The van der Waals surface area contributed by atoms with Crippen molar-refractivity contribution in [1.82, 2.24) is 9.21 Å². The Morgan fingerprint density at radius 1 is 0.975 bits per heavy atom. The molecule has 0 aliphatic heterocycles. The van der Waals surface area contributed by atoms with Gasteiger partial charge in [0, 0.05) is 18.5 Å². The number of rotatable bonds is 11. The summed E-state index contributed by atoms with van der Waals surface area (Å²) in [6, 6.07) is 12.2. The van der Waals surface area contributed by atoms with E-state index < -0.39 is 45.2 Å². The van der Waals surface area contributed by atoms with Crippen LogP contribution in [0.2, 0.25) is 0 Å². The quantitative estimate of drug-likeness (QED) is 0.296. The summed E-state index contributed by atoms with van der Waals surface area (Å²) in [6.07, 6.45) is 1.14. The number of nitrogens with zero attached hydrogens (tertiary/aromatic N) is 2. The molecule has 11 heteroatoms. The van der Waals surface area contributed by atoms with E-state index in [1.165, 1.54) is 52.1 Å². The van der Waals surface area contributed by atoms with E-state index in [0.717, 1.165) is 17.7 Å². The van der Waals surface area contributed by atoms with Gasteiger partial charge in [0.05, 0.1) is 12.0 Å². The SMILES string of the molecule is COc1ccc(S(=O)(=O)N(CC2CCCC2)C(=O)C(=O)C(=O)[C@@H](Cc2ccccc2)N(C(=O)[O-])C(C)(C)C)cc1. The molecule has 0 heterocycles. The van der Waals surface area contributed by atoms with Crippen LogP contribution >= 0.6 is 0 Å². The van der Waals surface area contributed by atoms with Crippen LogP contribution in [0.25, 0.3) is 0 Å². The van der Waals surface area contributed by atoms with E-state index >= 15 is 0 Å². The molecule has 0 spiro atoms. The van der Waals surface area contributed by atoms with Gasteiger partial charge in [-0.05, 0) is 69.4 Å². The summed E-state index contributed by atoms with van der Waals surface area (Å²) in [5, 5.41) is 12.2. The van der Waals surface area contributed by atoms with Crippen molar-refractivity contribution in [3.63, 3.8) is 0 Å². The molecule has 0 bridgehead atoms. The van der Waals surface area contributed by atoms with Gasteiger partial charge in [0.2, 0.25) is 5.78 Å². The summed E-state index contributed by atoms with van der Waals surface area (Å²) in [5.41, 5.74) is -0.624. The van der Waals surface area contributed by atoms with Crippen LogP contribution in [-0.2, 0) is 30.8 Å². The van der Waals surface area contributed by atoms with Gasteiger partial charge >= 0.3 is 5.91 Å². The van der Waals surface area contributed by atoms with E-state index in [9.17, 15) is 32.7 Å². The molecule has 1 aliphatic rings. The molecule has 10 nitrogen and oxygen atoms in total. The smallest absolute Gasteiger partial charge is 0.311 e. The number of sulfonamides is 1. The number of hydrogen-bond donors (Lipinski definition) is 0.